The number of phenols is 1. The first-order chi connectivity index (χ1) is 11.8. The van der Waals surface area contributed by atoms with Gasteiger partial charge in [-0.05, 0) is 17.7 Å². The Morgan fingerprint density at radius 3 is 2.60 bits per heavy atom. The highest BCUT2D eigenvalue weighted by molar-refractivity contribution is 6.23. The van der Waals surface area contributed by atoms with E-state index in [-0.39, 0.29) is 12.2 Å². The molecule has 2 N–H and O–H groups in total. The first-order valence-electron chi connectivity index (χ1n) is 7.35. The number of carbonyl (C=O) groups is 4. The number of barbiturate groups is 1. The summed E-state index contributed by atoms with van der Waals surface area (Å²) in [6.45, 7) is 0. The van der Waals surface area contributed by atoms with E-state index in [0.717, 1.165) is 11.1 Å². The van der Waals surface area contributed by atoms with Crippen LogP contribution < -0.4 is 5.32 Å². The maximum Gasteiger partial charge on any atom is 0.330 e. The summed E-state index contributed by atoms with van der Waals surface area (Å²) < 4.78 is 4.69. The van der Waals surface area contributed by atoms with E-state index >= 15 is 0 Å². The van der Waals surface area contributed by atoms with Gasteiger partial charge in [-0.25, -0.2) is 9.59 Å². The molecule has 25 heavy (non-hydrogen) atoms. The van der Waals surface area contributed by atoms with Crippen molar-refractivity contribution in [3.63, 3.8) is 0 Å². The number of aliphatic imine (C=N–C) groups is 1. The quantitative estimate of drug-likeness (QED) is 0.434. The minimum absolute atomic E-state index is 0.0825. The summed E-state index contributed by atoms with van der Waals surface area (Å²) in [5.41, 5.74) is 0.706. The van der Waals surface area contributed by atoms with Crippen molar-refractivity contribution in [2.75, 3.05) is 14.2 Å². The number of hydrogen-bond donors (Lipinski definition) is 2. The first-order valence-corrected chi connectivity index (χ1v) is 7.35. The van der Waals surface area contributed by atoms with Crippen LogP contribution >= 0.6 is 0 Å². The number of amides is 4. The third kappa shape index (κ3) is 4.19. The Hall–Kier alpha value is -3.23. The second-order valence-electron chi connectivity index (χ2n) is 5.38. The zero-order chi connectivity index (χ0) is 18.6. The van der Waals surface area contributed by atoms with Crippen molar-refractivity contribution in [3.05, 3.63) is 29.8 Å². The summed E-state index contributed by atoms with van der Waals surface area (Å²) in [7, 11) is 2.44. The summed E-state index contributed by atoms with van der Waals surface area (Å²) >= 11 is 0. The Morgan fingerprint density at radius 1 is 1.36 bits per heavy atom. The molecule has 0 bridgehead atoms. The Bertz CT molecular complexity index is 728. The van der Waals surface area contributed by atoms with E-state index < -0.39 is 35.8 Å². The average molecular weight is 347 g/mol. The molecule has 0 aliphatic carbocycles. The minimum atomic E-state index is -1.30. The largest absolute Gasteiger partial charge is 0.508 e. The number of imide groups is 2. The molecule has 4 amide bonds. The predicted molar refractivity (Wildman–Crippen MR) is 85.9 cm³/mol. The van der Waals surface area contributed by atoms with Gasteiger partial charge in [0.25, 0.3) is 0 Å². The maximum atomic E-state index is 12.0. The second kappa shape index (κ2) is 7.56. The summed E-state index contributed by atoms with van der Waals surface area (Å²) in [4.78, 5) is 51.8. The van der Waals surface area contributed by atoms with Crippen LogP contribution in [0.2, 0.25) is 0 Å². The topological polar surface area (TPSA) is 125 Å². The monoisotopic (exact) mass is 347 g/mol. The number of carbonyl (C=O) groups excluding carboxylic acids is 4. The fourth-order valence-corrected chi connectivity index (χ4v) is 2.20. The van der Waals surface area contributed by atoms with Gasteiger partial charge < -0.3 is 9.84 Å². The highest BCUT2D eigenvalue weighted by Crippen LogP contribution is 2.14. The average Bonchev–Trinajstić information content (AvgIpc) is 2.59. The van der Waals surface area contributed by atoms with Gasteiger partial charge in [-0.1, -0.05) is 12.1 Å². The Balaban J connectivity index is 2.18. The van der Waals surface area contributed by atoms with Crippen molar-refractivity contribution in [1.29, 1.82) is 0 Å². The Kier molecular flexibility index (Phi) is 5.48. The lowest BCUT2D eigenvalue weighted by Gasteiger charge is -2.25. The number of aromatic hydroxyl groups is 1. The van der Waals surface area contributed by atoms with E-state index in [1.807, 2.05) is 5.32 Å². The minimum Gasteiger partial charge on any atom is -0.508 e. The second-order valence-corrected chi connectivity index (χ2v) is 5.38. The van der Waals surface area contributed by atoms with Crippen LogP contribution in [0.4, 0.5) is 4.79 Å². The molecule has 0 radical (unpaired) electrons. The molecule has 1 saturated heterocycles. The SMILES string of the molecule is COC(=O)[C@@H](Cc1ccc(O)cc1)N=C[C@H]1C(=O)NC(=O)N(C)C1=O. The summed E-state index contributed by atoms with van der Waals surface area (Å²) in [6.07, 6.45) is 1.20. The molecular formula is C16H17N3O6. The third-order valence-electron chi connectivity index (χ3n) is 3.67. The van der Waals surface area contributed by atoms with Gasteiger partial charge in [0.05, 0.1) is 7.11 Å². The van der Waals surface area contributed by atoms with Crippen LogP contribution in [0, 0.1) is 5.92 Å². The van der Waals surface area contributed by atoms with Crippen LogP contribution in [-0.4, -0.2) is 60.2 Å². The number of nitrogens with one attached hydrogen (secondary N) is 1. The molecule has 1 aromatic rings. The normalized spacial score (nSPS) is 19.0. The molecule has 0 spiro atoms. The molecule has 1 fully saturated rings. The lowest BCUT2D eigenvalue weighted by atomic mass is 10.0. The van der Waals surface area contributed by atoms with Gasteiger partial charge in [-0.15, -0.1) is 0 Å². The van der Waals surface area contributed by atoms with Gasteiger partial charge in [-0.2, -0.15) is 0 Å². The number of methoxy groups -OCH3 is 1. The number of rotatable bonds is 5. The molecule has 1 aromatic carbocycles. The van der Waals surface area contributed by atoms with Crippen LogP contribution in [0.25, 0.3) is 0 Å². The molecule has 1 aliphatic rings. The lowest BCUT2D eigenvalue weighted by molar-refractivity contribution is -0.142. The Morgan fingerprint density at radius 2 is 2.00 bits per heavy atom. The fourth-order valence-electron chi connectivity index (χ4n) is 2.20. The number of nitrogens with zero attached hydrogens (tertiary/aromatic N) is 2. The summed E-state index contributed by atoms with van der Waals surface area (Å²) in [5, 5.41) is 11.3. The zero-order valence-corrected chi connectivity index (χ0v) is 13.6. The molecule has 1 aliphatic heterocycles. The van der Waals surface area contributed by atoms with Gasteiger partial charge >= 0.3 is 12.0 Å². The number of ether oxygens (including phenoxy) is 1. The molecule has 2 atom stereocenters. The molecule has 0 saturated carbocycles. The summed E-state index contributed by atoms with van der Waals surface area (Å²) in [6, 6.07) is 4.38. The van der Waals surface area contributed by atoms with Crippen molar-refractivity contribution in [2.24, 2.45) is 10.9 Å². The van der Waals surface area contributed by atoms with E-state index in [2.05, 4.69) is 9.73 Å². The molecular weight excluding hydrogens is 330 g/mol. The fraction of sp³-hybridized carbons (Fsp3) is 0.312. The van der Waals surface area contributed by atoms with Crippen LogP contribution in [0.3, 0.4) is 0 Å². The number of urea groups is 1. The van der Waals surface area contributed by atoms with Crippen LogP contribution in [0.15, 0.2) is 29.3 Å². The van der Waals surface area contributed by atoms with E-state index in [0.29, 0.717) is 5.56 Å². The van der Waals surface area contributed by atoms with Gasteiger partial charge in [0, 0.05) is 19.7 Å². The van der Waals surface area contributed by atoms with Crippen molar-refractivity contribution in [2.45, 2.75) is 12.5 Å². The van der Waals surface area contributed by atoms with Crippen molar-refractivity contribution >= 4 is 30.0 Å². The Labute approximate surface area is 143 Å². The van der Waals surface area contributed by atoms with Crippen LogP contribution in [0.1, 0.15) is 5.56 Å². The first kappa shape index (κ1) is 18.1. The van der Waals surface area contributed by atoms with Crippen molar-refractivity contribution < 1.29 is 29.0 Å². The maximum absolute atomic E-state index is 12.0. The van der Waals surface area contributed by atoms with Crippen molar-refractivity contribution in [3.8, 4) is 5.75 Å². The van der Waals surface area contributed by atoms with E-state index in [4.69, 9.17) is 0 Å². The molecule has 2 rings (SSSR count). The zero-order valence-electron chi connectivity index (χ0n) is 13.6. The molecule has 0 unspecified atom stereocenters. The number of benzene rings is 1. The molecule has 9 heteroatoms. The van der Waals surface area contributed by atoms with Crippen LogP contribution in [-0.2, 0) is 25.5 Å². The van der Waals surface area contributed by atoms with Crippen LogP contribution in [0.5, 0.6) is 5.75 Å². The third-order valence-corrected chi connectivity index (χ3v) is 3.67. The molecule has 132 valence electrons. The van der Waals surface area contributed by atoms with E-state index in [1.165, 1.54) is 26.3 Å². The smallest absolute Gasteiger partial charge is 0.330 e. The van der Waals surface area contributed by atoms with Crippen molar-refractivity contribution in [1.82, 2.24) is 10.2 Å². The number of phenolic OH excluding ortho intramolecular Hbond substituents is 1. The highest BCUT2D eigenvalue weighted by atomic mass is 16.5. The predicted octanol–water partition coefficient (Wildman–Crippen LogP) is -0.129. The van der Waals surface area contributed by atoms with Gasteiger partial charge in [-0.3, -0.25) is 24.8 Å². The van der Waals surface area contributed by atoms with E-state index in [9.17, 15) is 24.3 Å². The van der Waals surface area contributed by atoms with Gasteiger partial charge in [0.15, 0.2) is 12.0 Å². The standard InChI is InChI=1S/C16H17N3O6/c1-19-14(22)11(13(21)18-16(19)24)8-17-12(15(23)25-2)7-9-3-5-10(20)6-4-9/h3-6,8,11-12,20H,7H2,1-2H3,(H,18,21,24)/t11-,12+/m0/s1. The number of esters is 1. The highest BCUT2D eigenvalue weighted by Gasteiger charge is 2.37. The molecule has 1 heterocycles. The molecule has 0 aromatic heterocycles. The van der Waals surface area contributed by atoms with Gasteiger partial charge in [0.2, 0.25) is 11.8 Å². The van der Waals surface area contributed by atoms with Gasteiger partial charge in [0.1, 0.15) is 5.75 Å². The summed E-state index contributed by atoms with van der Waals surface area (Å²) in [5.74, 6) is -3.39. The number of hydrogen-bond acceptors (Lipinski definition) is 7. The lowest BCUT2D eigenvalue weighted by Crippen LogP contribution is -2.56. The van der Waals surface area contributed by atoms with E-state index in [1.54, 1.807) is 12.1 Å². The molecule has 9 nitrogen and oxygen atoms in total.